The van der Waals surface area contributed by atoms with Gasteiger partial charge in [-0.2, -0.15) is 0 Å². The Morgan fingerprint density at radius 1 is 1.03 bits per heavy atom. The van der Waals surface area contributed by atoms with E-state index in [4.69, 9.17) is 0 Å². The first-order valence-corrected chi connectivity index (χ1v) is 13.4. The number of nitrogens with one attached hydrogen (secondary N) is 3. The molecule has 3 amide bonds. The molecule has 0 unspecified atom stereocenters. The van der Waals surface area contributed by atoms with Crippen molar-refractivity contribution in [1.29, 1.82) is 0 Å². The summed E-state index contributed by atoms with van der Waals surface area (Å²) in [6.07, 6.45) is 4.58. The molecule has 1 rings (SSSR count). The Balaban J connectivity index is 2.49. The Hall–Kier alpha value is -2.81. The minimum atomic E-state index is -0.175. The summed E-state index contributed by atoms with van der Waals surface area (Å²) >= 11 is 0. The van der Waals surface area contributed by atoms with Gasteiger partial charge in [0.05, 0.1) is 19.6 Å². The molecule has 1 aliphatic heterocycles. The summed E-state index contributed by atoms with van der Waals surface area (Å²) < 4.78 is 0. The summed E-state index contributed by atoms with van der Waals surface area (Å²) in [5.41, 5.74) is 1.51. The first-order valence-electron chi connectivity index (χ1n) is 13.4. The maximum Gasteiger partial charge on any atom is 0.242 e. The van der Waals surface area contributed by atoms with Crippen LogP contribution in [-0.2, 0) is 14.4 Å². The summed E-state index contributed by atoms with van der Waals surface area (Å²) in [5.74, 6) is -0.244. The Labute approximate surface area is 224 Å². The second-order valence-electron chi connectivity index (χ2n) is 10.4. The third-order valence-corrected chi connectivity index (χ3v) is 6.74. The third-order valence-electron chi connectivity index (χ3n) is 6.74. The van der Waals surface area contributed by atoms with Crippen LogP contribution in [0.4, 0.5) is 0 Å². The number of amides is 3. The number of carbonyl (C=O) groups is 3. The fourth-order valence-corrected chi connectivity index (χ4v) is 4.47. The van der Waals surface area contributed by atoms with E-state index in [0.29, 0.717) is 12.2 Å². The van der Waals surface area contributed by atoms with Crippen molar-refractivity contribution < 1.29 is 14.4 Å². The van der Waals surface area contributed by atoms with Crippen molar-refractivity contribution in [2.45, 2.75) is 85.0 Å². The lowest BCUT2D eigenvalue weighted by molar-refractivity contribution is -0.136. The average molecular weight is 519 g/mol. The van der Waals surface area contributed by atoms with Crippen molar-refractivity contribution in [3.63, 3.8) is 0 Å². The van der Waals surface area contributed by atoms with Gasteiger partial charge in [-0.3, -0.25) is 19.3 Å². The topological polar surface area (TPSA) is 97.0 Å². The van der Waals surface area contributed by atoms with Gasteiger partial charge in [0.1, 0.15) is 0 Å². The normalized spacial score (nSPS) is 16.0. The standard InChI is InChI=1S/C28H50N6O3/c1-10-25-13-11-15-33(25)27(36)18-31-23(8)24(9)32(21(4)5)16-12-14-29-26(35)19-34(22(6)7)28(37)17-30-20(2)3/h10,21-22,24-25,30-31H,1-2,8,11-19H2,3-7,9H3,(H,29,35)/t24-,25+/m0/s1. The fraction of sp³-hybridized carbons (Fsp3) is 0.679. The zero-order valence-corrected chi connectivity index (χ0v) is 23.9. The SMILES string of the molecule is C=C[C@@H]1CCCN1C(=O)CNC(=C)[C@H](C)N(CCCNC(=O)CN(C(=O)CNC(=C)C)C(C)C)C(C)C. The predicted molar refractivity (Wildman–Crippen MR) is 151 cm³/mol. The molecule has 1 fully saturated rings. The van der Waals surface area contributed by atoms with E-state index in [1.807, 2.05) is 24.8 Å². The van der Waals surface area contributed by atoms with Crippen LogP contribution < -0.4 is 16.0 Å². The molecule has 3 N–H and O–H groups in total. The highest BCUT2D eigenvalue weighted by molar-refractivity contribution is 5.86. The first-order chi connectivity index (χ1) is 17.4. The molecule has 0 aromatic heterocycles. The summed E-state index contributed by atoms with van der Waals surface area (Å²) in [4.78, 5) is 43.3. The number of rotatable bonds is 17. The van der Waals surface area contributed by atoms with Crippen LogP contribution in [0.2, 0.25) is 0 Å². The Kier molecular flexibility index (Phi) is 14.0. The molecule has 0 aromatic carbocycles. The Bertz CT molecular complexity index is 810. The van der Waals surface area contributed by atoms with E-state index in [0.717, 1.165) is 38.0 Å². The number of likely N-dealkylation sites (tertiary alicyclic amines) is 1. The number of allylic oxidation sites excluding steroid dienone is 1. The van der Waals surface area contributed by atoms with Crippen LogP contribution in [0.15, 0.2) is 37.2 Å². The van der Waals surface area contributed by atoms with Gasteiger partial charge in [-0.1, -0.05) is 19.2 Å². The molecule has 0 aromatic rings. The highest BCUT2D eigenvalue weighted by Gasteiger charge is 2.27. The third kappa shape index (κ3) is 11.0. The van der Waals surface area contributed by atoms with Crippen molar-refractivity contribution in [3.05, 3.63) is 37.2 Å². The van der Waals surface area contributed by atoms with E-state index in [2.05, 4.69) is 61.4 Å². The van der Waals surface area contributed by atoms with Gasteiger partial charge < -0.3 is 25.8 Å². The van der Waals surface area contributed by atoms with Gasteiger partial charge in [-0.25, -0.2) is 0 Å². The van der Waals surface area contributed by atoms with Crippen LogP contribution in [0.3, 0.4) is 0 Å². The molecule has 1 aliphatic rings. The Morgan fingerprint density at radius 3 is 2.27 bits per heavy atom. The van der Waals surface area contributed by atoms with Crippen molar-refractivity contribution in [2.24, 2.45) is 0 Å². The molecule has 1 heterocycles. The van der Waals surface area contributed by atoms with Crippen molar-refractivity contribution in [3.8, 4) is 0 Å². The van der Waals surface area contributed by atoms with E-state index in [1.165, 1.54) is 0 Å². The number of carbonyl (C=O) groups excluding carboxylic acids is 3. The van der Waals surface area contributed by atoms with Gasteiger partial charge in [0.15, 0.2) is 0 Å². The van der Waals surface area contributed by atoms with E-state index in [1.54, 1.807) is 11.8 Å². The molecule has 2 atom stereocenters. The molecular formula is C28H50N6O3. The summed E-state index contributed by atoms with van der Waals surface area (Å²) in [7, 11) is 0. The molecule has 0 spiro atoms. The van der Waals surface area contributed by atoms with Crippen LogP contribution in [0, 0.1) is 0 Å². The van der Waals surface area contributed by atoms with Crippen LogP contribution in [0.25, 0.3) is 0 Å². The van der Waals surface area contributed by atoms with Gasteiger partial charge in [0, 0.05) is 55.2 Å². The summed E-state index contributed by atoms with van der Waals surface area (Å²) in [6, 6.07) is 0.327. The van der Waals surface area contributed by atoms with Gasteiger partial charge >= 0.3 is 0 Å². The molecule has 0 aliphatic carbocycles. The molecule has 1 saturated heterocycles. The summed E-state index contributed by atoms with van der Waals surface area (Å²) in [6.45, 7) is 26.1. The molecule has 210 valence electrons. The second kappa shape index (κ2) is 16.1. The maximum atomic E-state index is 12.6. The molecule has 0 radical (unpaired) electrons. The van der Waals surface area contributed by atoms with Crippen molar-refractivity contribution in [2.75, 3.05) is 39.3 Å². The van der Waals surface area contributed by atoms with Crippen LogP contribution in [0.1, 0.15) is 60.8 Å². The smallest absolute Gasteiger partial charge is 0.242 e. The molecule has 9 nitrogen and oxygen atoms in total. The molecule has 9 heteroatoms. The number of hydrogen-bond acceptors (Lipinski definition) is 6. The number of hydrogen-bond donors (Lipinski definition) is 3. The molecular weight excluding hydrogens is 468 g/mol. The number of nitrogens with zero attached hydrogens (tertiary/aromatic N) is 3. The van der Waals surface area contributed by atoms with E-state index in [9.17, 15) is 14.4 Å². The van der Waals surface area contributed by atoms with E-state index in [-0.39, 0.29) is 61.5 Å². The molecule has 0 bridgehead atoms. The molecule has 0 saturated carbocycles. The van der Waals surface area contributed by atoms with E-state index < -0.39 is 0 Å². The highest BCUT2D eigenvalue weighted by atomic mass is 16.2. The Morgan fingerprint density at radius 2 is 1.70 bits per heavy atom. The van der Waals surface area contributed by atoms with Gasteiger partial charge in [-0.05, 0) is 60.8 Å². The van der Waals surface area contributed by atoms with Gasteiger partial charge in [0.25, 0.3) is 0 Å². The summed E-state index contributed by atoms with van der Waals surface area (Å²) in [5, 5.41) is 9.09. The van der Waals surface area contributed by atoms with Crippen LogP contribution in [-0.4, -0.2) is 95.9 Å². The zero-order valence-electron chi connectivity index (χ0n) is 23.9. The second-order valence-corrected chi connectivity index (χ2v) is 10.4. The van der Waals surface area contributed by atoms with Crippen molar-refractivity contribution in [1.82, 2.24) is 30.7 Å². The lowest BCUT2D eigenvalue weighted by Gasteiger charge is -2.34. The zero-order chi connectivity index (χ0) is 28.1. The lowest BCUT2D eigenvalue weighted by Crippen LogP contribution is -2.48. The predicted octanol–water partition coefficient (Wildman–Crippen LogP) is 2.23. The average Bonchev–Trinajstić information content (AvgIpc) is 3.32. The highest BCUT2D eigenvalue weighted by Crippen LogP contribution is 2.18. The van der Waals surface area contributed by atoms with Crippen LogP contribution in [0.5, 0.6) is 0 Å². The monoisotopic (exact) mass is 518 g/mol. The maximum absolute atomic E-state index is 12.6. The lowest BCUT2D eigenvalue weighted by atomic mass is 10.1. The first kappa shape index (κ1) is 32.2. The van der Waals surface area contributed by atoms with Gasteiger partial charge in [-0.15, -0.1) is 6.58 Å². The minimum absolute atomic E-state index is 0.0205. The van der Waals surface area contributed by atoms with Crippen molar-refractivity contribution >= 4 is 17.7 Å². The quantitative estimate of drug-likeness (QED) is 0.202. The largest absolute Gasteiger partial charge is 0.380 e. The molecule has 37 heavy (non-hydrogen) atoms. The minimum Gasteiger partial charge on any atom is -0.380 e. The fourth-order valence-electron chi connectivity index (χ4n) is 4.47. The van der Waals surface area contributed by atoms with Crippen LogP contribution >= 0.6 is 0 Å². The van der Waals surface area contributed by atoms with Gasteiger partial charge in [0.2, 0.25) is 17.7 Å². The van der Waals surface area contributed by atoms with E-state index >= 15 is 0 Å².